The third-order valence-corrected chi connectivity index (χ3v) is 5.87. The largest absolute Gasteiger partial charge is 0.513 e. The second-order valence-corrected chi connectivity index (χ2v) is 9.90. The SMILES string of the molecule is C=CC(=O)OCCCCOC(=O)Oc1ccc(C(=O)Oc2ccc(OC(=O)c3ccc(OC(=O)NCCOCC(=C)C)cc3)cc2)cc1. The number of esters is 3. The smallest absolute Gasteiger partial charge is 0.463 e. The third-order valence-electron chi connectivity index (χ3n) is 5.87. The van der Waals surface area contributed by atoms with E-state index in [2.05, 4.69) is 18.5 Å². The first-order chi connectivity index (χ1) is 23.1. The fourth-order valence-electron chi connectivity index (χ4n) is 3.56. The number of hydrogen-bond acceptors (Lipinski definition) is 12. The van der Waals surface area contributed by atoms with Crippen molar-refractivity contribution in [3.63, 3.8) is 0 Å². The van der Waals surface area contributed by atoms with E-state index < -0.39 is 30.2 Å². The van der Waals surface area contributed by atoms with E-state index in [4.69, 9.17) is 33.2 Å². The summed E-state index contributed by atoms with van der Waals surface area (Å²) in [6.45, 7) is 10.1. The van der Waals surface area contributed by atoms with Gasteiger partial charge in [0, 0.05) is 12.6 Å². The summed E-state index contributed by atoms with van der Waals surface area (Å²) in [5.74, 6) is -1.04. The fraction of sp³-hybridized carbons (Fsp3) is 0.229. The highest BCUT2D eigenvalue weighted by Crippen LogP contribution is 2.21. The average Bonchev–Trinajstić information content (AvgIpc) is 3.07. The van der Waals surface area contributed by atoms with Crippen LogP contribution in [0.5, 0.6) is 23.0 Å². The van der Waals surface area contributed by atoms with E-state index >= 15 is 0 Å². The fourth-order valence-corrected chi connectivity index (χ4v) is 3.56. The van der Waals surface area contributed by atoms with Gasteiger partial charge in [0.25, 0.3) is 0 Å². The zero-order chi connectivity index (χ0) is 34.7. The van der Waals surface area contributed by atoms with Crippen molar-refractivity contribution >= 4 is 30.2 Å². The number of amides is 1. The van der Waals surface area contributed by atoms with Crippen molar-refractivity contribution in [3.8, 4) is 23.0 Å². The van der Waals surface area contributed by atoms with Crippen LogP contribution >= 0.6 is 0 Å². The normalized spacial score (nSPS) is 10.2. The standard InChI is InChI=1S/C35H35NO12/c1-4-31(37)43-20-5-6-21-44-35(41)48-30-13-9-26(10-14-30)33(39)46-28-17-15-27(16-18-28)45-32(38)25-7-11-29(12-8-25)47-34(40)36-19-22-42-23-24(2)3/h4,7-18H,1-2,5-6,19-23H2,3H3,(H,36,40). The maximum absolute atomic E-state index is 12.6. The Morgan fingerprint density at radius 2 is 1.10 bits per heavy atom. The van der Waals surface area contributed by atoms with Crippen LogP contribution in [0.2, 0.25) is 0 Å². The molecule has 0 aliphatic carbocycles. The van der Waals surface area contributed by atoms with Gasteiger partial charge in [-0.2, -0.15) is 0 Å². The average molecular weight is 662 g/mol. The molecular weight excluding hydrogens is 626 g/mol. The van der Waals surface area contributed by atoms with Crippen LogP contribution in [0.15, 0.2) is 97.6 Å². The zero-order valence-electron chi connectivity index (χ0n) is 26.3. The van der Waals surface area contributed by atoms with Gasteiger partial charge < -0.3 is 38.5 Å². The predicted octanol–water partition coefficient (Wildman–Crippen LogP) is 5.83. The molecule has 0 aliphatic heterocycles. The molecule has 3 aromatic carbocycles. The van der Waals surface area contributed by atoms with Crippen molar-refractivity contribution in [1.29, 1.82) is 0 Å². The molecule has 0 fully saturated rings. The summed E-state index contributed by atoms with van der Waals surface area (Å²) in [7, 11) is 0. The van der Waals surface area contributed by atoms with E-state index in [9.17, 15) is 24.0 Å². The van der Waals surface area contributed by atoms with E-state index in [1.165, 1.54) is 72.8 Å². The number of hydrogen-bond donors (Lipinski definition) is 1. The van der Waals surface area contributed by atoms with Crippen LogP contribution in [0.4, 0.5) is 9.59 Å². The lowest BCUT2D eigenvalue weighted by molar-refractivity contribution is -0.137. The third kappa shape index (κ3) is 13.6. The van der Waals surface area contributed by atoms with Crippen LogP contribution in [0.1, 0.15) is 40.5 Å². The van der Waals surface area contributed by atoms with E-state index in [1.54, 1.807) is 0 Å². The molecule has 13 nitrogen and oxygen atoms in total. The summed E-state index contributed by atoms with van der Waals surface area (Å²) >= 11 is 0. The number of benzene rings is 3. The van der Waals surface area contributed by atoms with E-state index in [-0.39, 0.29) is 53.9 Å². The number of unbranched alkanes of at least 4 members (excludes halogenated alkanes) is 1. The minimum Gasteiger partial charge on any atom is -0.463 e. The van der Waals surface area contributed by atoms with Gasteiger partial charge in [0.05, 0.1) is 37.6 Å². The van der Waals surface area contributed by atoms with E-state index in [0.29, 0.717) is 26.1 Å². The van der Waals surface area contributed by atoms with Crippen molar-refractivity contribution < 1.29 is 57.1 Å². The quantitative estimate of drug-likeness (QED) is 0.0461. The van der Waals surface area contributed by atoms with Crippen LogP contribution in [0.3, 0.4) is 0 Å². The van der Waals surface area contributed by atoms with Gasteiger partial charge in [-0.1, -0.05) is 18.7 Å². The molecule has 0 atom stereocenters. The number of carbonyl (C=O) groups is 5. The number of nitrogens with one attached hydrogen (secondary N) is 1. The summed E-state index contributed by atoms with van der Waals surface area (Å²) in [4.78, 5) is 59.8. The lowest BCUT2D eigenvalue weighted by Crippen LogP contribution is -2.30. The monoisotopic (exact) mass is 661 g/mol. The summed E-state index contributed by atoms with van der Waals surface area (Å²) in [6.07, 6.45) is 0.450. The summed E-state index contributed by atoms with van der Waals surface area (Å²) in [5.41, 5.74) is 1.29. The highest BCUT2D eigenvalue weighted by Gasteiger charge is 2.13. The minimum atomic E-state index is -0.919. The Morgan fingerprint density at radius 3 is 1.60 bits per heavy atom. The molecule has 13 heteroatoms. The molecule has 0 heterocycles. The minimum absolute atomic E-state index is 0.0745. The van der Waals surface area contributed by atoms with Gasteiger partial charge in [0.1, 0.15) is 23.0 Å². The number of ether oxygens (including phenoxy) is 7. The molecule has 0 bridgehead atoms. The molecule has 0 spiro atoms. The second kappa shape index (κ2) is 19.5. The summed E-state index contributed by atoms with van der Waals surface area (Å²) in [5, 5.41) is 2.55. The van der Waals surface area contributed by atoms with Gasteiger partial charge >= 0.3 is 30.2 Å². The van der Waals surface area contributed by atoms with E-state index in [0.717, 1.165) is 11.6 Å². The molecule has 3 rings (SSSR count). The Bertz CT molecular complexity index is 1560. The molecule has 0 saturated heterocycles. The van der Waals surface area contributed by atoms with Gasteiger partial charge in [0.15, 0.2) is 0 Å². The van der Waals surface area contributed by atoms with Crippen molar-refractivity contribution in [2.24, 2.45) is 0 Å². The van der Waals surface area contributed by atoms with Gasteiger partial charge in [-0.15, -0.1) is 0 Å². The van der Waals surface area contributed by atoms with Gasteiger partial charge in [-0.3, -0.25) is 0 Å². The Morgan fingerprint density at radius 1 is 0.646 bits per heavy atom. The maximum atomic E-state index is 12.6. The lowest BCUT2D eigenvalue weighted by atomic mass is 10.2. The molecule has 1 amide bonds. The predicted molar refractivity (Wildman–Crippen MR) is 171 cm³/mol. The van der Waals surface area contributed by atoms with Crippen LogP contribution in [-0.2, 0) is 19.0 Å². The van der Waals surface area contributed by atoms with Crippen molar-refractivity contribution in [2.75, 3.05) is 33.0 Å². The van der Waals surface area contributed by atoms with Crippen LogP contribution < -0.4 is 24.3 Å². The molecule has 1 N–H and O–H groups in total. The van der Waals surface area contributed by atoms with Crippen LogP contribution in [-0.4, -0.2) is 63.1 Å². The van der Waals surface area contributed by atoms with Gasteiger partial charge in [-0.25, -0.2) is 24.0 Å². The molecule has 0 aliphatic rings. The highest BCUT2D eigenvalue weighted by molar-refractivity contribution is 5.92. The van der Waals surface area contributed by atoms with Crippen LogP contribution in [0, 0.1) is 0 Å². The molecule has 0 unspecified atom stereocenters. The summed E-state index contributed by atoms with van der Waals surface area (Å²) < 4.78 is 36.0. The van der Waals surface area contributed by atoms with Crippen molar-refractivity contribution in [2.45, 2.75) is 19.8 Å². The molecule has 0 radical (unpaired) electrons. The first kappa shape index (κ1) is 36.5. The molecule has 0 aromatic heterocycles. The topological polar surface area (TPSA) is 162 Å². The van der Waals surface area contributed by atoms with Gasteiger partial charge in [0.2, 0.25) is 0 Å². The van der Waals surface area contributed by atoms with E-state index in [1.807, 2.05) is 6.92 Å². The second-order valence-electron chi connectivity index (χ2n) is 9.90. The molecule has 0 saturated carbocycles. The summed E-state index contributed by atoms with van der Waals surface area (Å²) in [6, 6.07) is 17.3. The highest BCUT2D eigenvalue weighted by atomic mass is 16.7. The maximum Gasteiger partial charge on any atom is 0.513 e. The number of carbonyl (C=O) groups excluding carboxylic acids is 5. The zero-order valence-corrected chi connectivity index (χ0v) is 26.3. The molecule has 252 valence electrons. The Labute approximate surface area is 277 Å². The molecule has 48 heavy (non-hydrogen) atoms. The first-order valence-electron chi connectivity index (χ1n) is 14.7. The molecule has 3 aromatic rings. The van der Waals surface area contributed by atoms with Gasteiger partial charge in [-0.05, 0) is 92.6 Å². The molecular formula is C35H35NO12. The Hall–Kier alpha value is -5.95. The Balaban J connectivity index is 1.38. The number of rotatable bonds is 17. The van der Waals surface area contributed by atoms with Crippen molar-refractivity contribution in [1.82, 2.24) is 5.32 Å². The lowest BCUT2D eigenvalue weighted by Gasteiger charge is -2.09. The van der Waals surface area contributed by atoms with Crippen molar-refractivity contribution in [3.05, 3.63) is 109 Å². The Kier molecular flexibility index (Phi) is 14.9. The van der Waals surface area contributed by atoms with Crippen LogP contribution in [0.25, 0.3) is 0 Å². The first-order valence-corrected chi connectivity index (χ1v) is 14.7.